The van der Waals surface area contributed by atoms with E-state index in [1.807, 2.05) is 24.4 Å². The molecule has 3 fully saturated rings. The number of anilines is 2. The third kappa shape index (κ3) is 6.49. The van der Waals surface area contributed by atoms with Gasteiger partial charge in [0.2, 0.25) is 11.8 Å². The summed E-state index contributed by atoms with van der Waals surface area (Å²) >= 11 is 1.70. The summed E-state index contributed by atoms with van der Waals surface area (Å²) in [6.07, 6.45) is 5.54. The maximum absolute atomic E-state index is 13.2. The van der Waals surface area contributed by atoms with Crippen LogP contribution in [0.2, 0.25) is 0 Å². The lowest BCUT2D eigenvalue weighted by Gasteiger charge is -2.40. The number of benzene rings is 2. The van der Waals surface area contributed by atoms with E-state index in [9.17, 15) is 19.2 Å². The summed E-state index contributed by atoms with van der Waals surface area (Å²) in [6.45, 7) is 7.84. The van der Waals surface area contributed by atoms with Gasteiger partial charge in [0.05, 0.1) is 22.3 Å². The lowest BCUT2D eigenvalue weighted by atomic mass is 9.95. The first-order chi connectivity index (χ1) is 26.3. The van der Waals surface area contributed by atoms with Gasteiger partial charge in [0.25, 0.3) is 5.91 Å². The first kappa shape index (κ1) is 34.5. The summed E-state index contributed by atoms with van der Waals surface area (Å²) in [5, 5.41) is 5.32. The molecule has 2 N–H and O–H groups in total. The number of imidazole rings is 1. The number of nitrogens with one attached hydrogen (secondary N) is 2. The maximum Gasteiger partial charge on any atom is 0.329 e. The van der Waals surface area contributed by atoms with Gasteiger partial charge >= 0.3 is 5.69 Å². The number of piperazine rings is 1. The van der Waals surface area contributed by atoms with Gasteiger partial charge in [0.15, 0.2) is 0 Å². The monoisotopic (exact) mass is 744 g/mol. The molecule has 0 bridgehead atoms. The maximum atomic E-state index is 13.2. The smallest absolute Gasteiger partial charge is 0.329 e. The standard InChI is InChI=1S/C41H44N8O4S/c1-45-35-23-30(6-7-33(35)49(41(45)53)34-8-9-38(50)44-40(34)52)47-16-12-26(13-17-47)25-46-18-20-48(21-19-46)29-4-2-27(3-5-29)32-22-28(10-14-42-32)37-24-31-36(54-37)11-15-43-39(31)51/h2-7,10,14,22-24,26,34H,8-9,11-13,15-21,25H2,1H3,(H,43,51)(H,44,50,52). The second kappa shape index (κ2) is 14.2. The van der Waals surface area contributed by atoms with Crippen LogP contribution in [0.25, 0.3) is 32.7 Å². The van der Waals surface area contributed by atoms with Gasteiger partial charge in [0.1, 0.15) is 6.04 Å². The zero-order valence-electron chi connectivity index (χ0n) is 30.4. The molecular formula is C41H44N8O4S. The number of pyridine rings is 1. The Morgan fingerprint density at radius 3 is 2.30 bits per heavy atom. The minimum absolute atomic E-state index is 0.0238. The Hall–Kier alpha value is -5.27. The van der Waals surface area contributed by atoms with Gasteiger partial charge in [-0.05, 0) is 85.7 Å². The van der Waals surface area contributed by atoms with Crippen LogP contribution in [-0.2, 0) is 23.1 Å². The fourth-order valence-corrected chi connectivity index (χ4v) is 9.78. The van der Waals surface area contributed by atoms with Gasteiger partial charge in [-0.25, -0.2) is 4.79 Å². The molecule has 0 saturated carbocycles. The zero-order valence-corrected chi connectivity index (χ0v) is 31.2. The van der Waals surface area contributed by atoms with Gasteiger partial charge in [-0.3, -0.25) is 38.7 Å². The van der Waals surface area contributed by atoms with E-state index in [4.69, 9.17) is 0 Å². The molecular weight excluding hydrogens is 701 g/mol. The van der Waals surface area contributed by atoms with Crippen LogP contribution in [0.5, 0.6) is 0 Å². The van der Waals surface area contributed by atoms with Crippen molar-refractivity contribution in [1.82, 2.24) is 29.7 Å². The summed E-state index contributed by atoms with van der Waals surface area (Å²) in [5.74, 6) is -0.0292. The molecule has 3 amide bonds. The van der Waals surface area contributed by atoms with Crippen LogP contribution in [0.4, 0.5) is 11.4 Å². The van der Waals surface area contributed by atoms with Crippen molar-refractivity contribution in [3.63, 3.8) is 0 Å². The van der Waals surface area contributed by atoms with Crippen molar-refractivity contribution in [3.05, 3.63) is 87.8 Å². The lowest BCUT2D eigenvalue weighted by Crippen LogP contribution is -2.49. The van der Waals surface area contributed by atoms with E-state index in [0.29, 0.717) is 18.9 Å². The van der Waals surface area contributed by atoms with E-state index in [1.165, 1.54) is 5.69 Å². The Labute approximate surface area is 317 Å². The predicted octanol–water partition coefficient (Wildman–Crippen LogP) is 4.43. The highest BCUT2D eigenvalue weighted by atomic mass is 32.1. The molecule has 5 aromatic rings. The van der Waals surface area contributed by atoms with Crippen LogP contribution in [-0.4, -0.2) is 89.1 Å². The zero-order chi connectivity index (χ0) is 36.9. The molecule has 12 nitrogen and oxygen atoms in total. The number of rotatable bonds is 7. The topological polar surface area (TPSA) is 125 Å². The second-order valence-corrected chi connectivity index (χ2v) is 16.1. The summed E-state index contributed by atoms with van der Waals surface area (Å²) in [5.41, 5.74) is 7.52. The molecule has 3 saturated heterocycles. The number of hydrogen-bond donors (Lipinski definition) is 2. The molecule has 278 valence electrons. The Bertz CT molecular complexity index is 2310. The molecule has 7 heterocycles. The largest absolute Gasteiger partial charge is 0.371 e. The molecule has 4 aliphatic rings. The van der Waals surface area contributed by atoms with Crippen LogP contribution in [0.3, 0.4) is 0 Å². The number of fused-ring (bicyclic) bond motifs is 2. The molecule has 54 heavy (non-hydrogen) atoms. The fourth-order valence-electron chi connectivity index (χ4n) is 8.62. The first-order valence-corrected chi connectivity index (χ1v) is 19.9. The number of piperidine rings is 2. The van der Waals surface area contributed by atoms with Crippen molar-refractivity contribution < 1.29 is 14.4 Å². The van der Waals surface area contributed by atoms with Gasteiger partial charge in [-0.2, -0.15) is 0 Å². The van der Waals surface area contributed by atoms with E-state index >= 15 is 0 Å². The Balaban J connectivity index is 0.777. The molecule has 0 aliphatic carbocycles. The predicted molar refractivity (Wildman–Crippen MR) is 211 cm³/mol. The molecule has 1 atom stereocenters. The average Bonchev–Trinajstić information content (AvgIpc) is 3.75. The quantitative estimate of drug-likeness (QED) is 0.235. The number of thiophene rings is 1. The van der Waals surface area contributed by atoms with Crippen molar-refractivity contribution in [2.24, 2.45) is 13.0 Å². The van der Waals surface area contributed by atoms with Crippen LogP contribution < -0.4 is 26.1 Å². The SMILES string of the molecule is Cn1c(=O)n(C2CCC(=O)NC2=O)c2ccc(N3CCC(CN4CCN(c5ccc(-c6cc(-c7cc8c(s7)CCNC8=O)ccn6)cc5)CC4)CC3)cc21. The summed E-state index contributed by atoms with van der Waals surface area (Å²) < 4.78 is 3.15. The van der Waals surface area contributed by atoms with Gasteiger partial charge < -0.3 is 15.1 Å². The van der Waals surface area contributed by atoms with Gasteiger partial charge in [-0.15, -0.1) is 11.3 Å². The number of hydrogen-bond acceptors (Lipinski definition) is 9. The van der Waals surface area contributed by atoms with E-state index in [-0.39, 0.29) is 23.9 Å². The van der Waals surface area contributed by atoms with Crippen molar-refractivity contribution in [3.8, 4) is 21.7 Å². The van der Waals surface area contributed by atoms with Crippen LogP contribution in [0, 0.1) is 5.92 Å². The molecule has 2 aromatic carbocycles. The summed E-state index contributed by atoms with van der Waals surface area (Å²) in [4.78, 5) is 64.2. The Morgan fingerprint density at radius 1 is 0.778 bits per heavy atom. The van der Waals surface area contributed by atoms with Crippen molar-refractivity contribution >= 4 is 51.5 Å². The molecule has 1 unspecified atom stereocenters. The molecule has 0 spiro atoms. The van der Waals surface area contributed by atoms with Crippen molar-refractivity contribution in [2.45, 2.75) is 38.1 Å². The van der Waals surface area contributed by atoms with Crippen LogP contribution in [0.15, 0.2) is 71.7 Å². The Morgan fingerprint density at radius 2 is 1.54 bits per heavy atom. The number of carbonyl (C=O) groups excluding carboxylic acids is 3. The molecule has 9 rings (SSSR count). The van der Waals surface area contributed by atoms with Crippen molar-refractivity contribution in [2.75, 3.05) is 62.2 Å². The minimum atomic E-state index is -0.675. The first-order valence-electron chi connectivity index (χ1n) is 19.0. The number of imide groups is 1. The second-order valence-electron chi connectivity index (χ2n) is 15.0. The third-order valence-electron chi connectivity index (χ3n) is 11.7. The number of amides is 3. The number of aryl methyl sites for hydroxylation is 1. The normalized spacial score (nSPS) is 19.9. The highest BCUT2D eigenvalue weighted by molar-refractivity contribution is 7.15. The average molecular weight is 745 g/mol. The number of nitrogens with zero attached hydrogens (tertiary/aromatic N) is 6. The van der Waals surface area contributed by atoms with E-state index in [0.717, 1.165) is 114 Å². The molecule has 3 aromatic heterocycles. The van der Waals surface area contributed by atoms with E-state index < -0.39 is 11.9 Å². The van der Waals surface area contributed by atoms with Crippen LogP contribution >= 0.6 is 11.3 Å². The highest BCUT2D eigenvalue weighted by Crippen LogP contribution is 2.35. The number of aromatic nitrogens is 3. The molecule has 13 heteroatoms. The third-order valence-corrected chi connectivity index (χ3v) is 13.0. The summed E-state index contributed by atoms with van der Waals surface area (Å²) in [6, 6.07) is 20.3. The van der Waals surface area contributed by atoms with Gasteiger partial charge in [-0.1, -0.05) is 12.1 Å². The van der Waals surface area contributed by atoms with Gasteiger partial charge in [0, 0.05) is 98.7 Å². The molecule has 0 radical (unpaired) electrons. The Kier molecular flexibility index (Phi) is 9.06. The van der Waals surface area contributed by atoms with Crippen molar-refractivity contribution in [1.29, 1.82) is 0 Å². The van der Waals surface area contributed by atoms with E-state index in [1.54, 1.807) is 27.5 Å². The highest BCUT2D eigenvalue weighted by Gasteiger charge is 2.32. The van der Waals surface area contributed by atoms with E-state index in [2.05, 4.69) is 72.8 Å². The van der Waals surface area contributed by atoms with Crippen LogP contribution in [0.1, 0.15) is 47.0 Å². The lowest BCUT2D eigenvalue weighted by molar-refractivity contribution is -0.135. The number of carbonyl (C=O) groups is 3. The summed E-state index contributed by atoms with van der Waals surface area (Å²) in [7, 11) is 1.75. The minimum Gasteiger partial charge on any atom is -0.371 e. The molecule has 4 aliphatic heterocycles. The fraction of sp³-hybridized carbons (Fsp3) is 0.390.